The first-order valence-electron chi connectivity index (χ1n) is 7.52. The van der Waals surface area contributed by atoms with Gasteiger partial charge in [-0.2, -0.15) is 0 Å². The van der Waals surface area contributed by atoms with E-state index in [-0.39, 0.29) is 0 Å². The summed E-state index contributed by atoms with van der Waals surface area (Å²) in [5, 5.41) is 8.31. The predicted octanol–water partition coefficient (Wildman–Crippen LogP) is 1.64. The van der Waals surface area contributed by atoms with E-state index in [9.17, 15) is 0 Å². The van der Waals surface area contributed by atoms with Crippen LogP contribution in [0.4, 0.5) is 0 Å². The van der Waals surface area contributed by atoms with Crippen molar-refractivity contribution in [2.24, 2.45) is 11.7 Å². The molecule has 1 aliphatic carbocycles. The summed E-state index contributed by atoms with van der Waals surface area (Å²) < 4.78 is 1.83. The summed E-state index contributed by atoms with van der Waals surface area (Å²) in [4.78, 5) is 2.43. The molecular formula is C14H27N5. The van der Waals surface area contributed by atoms with Crippen molar-refractivity contribution in [2.45, 2.75) is 58.2 Å². The van der Waals surface area contributed by atoms with Crippen LogP contribution < -0.4 is 5.73 Å². The minimum Gasteiger partial charge on any atom is -0.329 e. The van der Waals surface area contributed by atoms with Gasteiger partial charge in [-0.25, -0.2) is 0 Å². The summed E-state index contributed by atoms with van der Waals surface area (Å²) in [5.74, 6) is 0.954. The first kappa shape index (κ1) is 14.5. The Hall–Kier alpha value is -0.940. The first-order valence-corrected chi connectivity index (χ1v) is 7.52. The lowest BCUT2D eigenvalue weighted by Gasteiger charge is -2.34. The number of nitrogens with zero attached hydrogens (tertiary/aromatic N) is 4. The molecule has 2 N–H and O–H groups in total. The molecule has 0 radical (unpaired) electrons. The van der Waals surface area contributed by atoms with Crippen molar-refractivity contribution >= 4 is 0 Å². The summed E-state index contributed by atoms with van der Waals surface area (Å²) in [6.07, 6.45) is 8.76. The molecule has 1 aromatic rings. The van der Waals surface area contributed by atoms with Gasteiger partial charge in [0.15, 0.2) is 0 Å². The molecule has 0 spiro atoms. The van der Waals surface area contributed by atoms with E-state index in [0.717, 1.165) is 24.7 Å². The molecule has 108 valence electrons. The fraction of sp³-hybridized carbons (Fsp3) is 0.857. The summed E-state index contributed by atoms with van der Waals surface area (Å²) in [6, 6.07) is 0.711. The van der Waals surface area contributed by atoms with Crippen molar-refractivity contribution in [3.63, 3.8) is 0 Å². The predicted molar refractivity (Wildman–Crippen MR) is 76.6 cm³/mol. The summed E-state index contributed by atoms with van der Waals surface area (Å²) >= 11 is 0. The first-order chi connectivity index (χ1) is 9.22. The number of hydrogen-bond donors (Lipinski definition) is 1. The van der Waals surface area contributed by atoms with Crippen LogP contribution in [0.1, 0.15) is 44.7 Å². The lowest BCUT2D eigenvalue weighted by Crippen LogP contribution is -2.34. The monoisotopic (exact) mass is 265 g/mol. The highest BCUT2D eigenvalue weighted by molar-refractivity contribution is 4.93. The molecule has 5 heteroatoms. The fourth-order valence-electron chi connectivity index (χ4n) is 3.03. The lowest BCUT2D eigenvalue weighted by molar-refractivity contribution is 0.156. The second kappa shape index (κ2) is 7.01. The van der Waals surface area contributed by atoms with Crippen LogP contribution in [-0.2, 0) is 13.1 Å². The Morgan fingerprint density at radius 1 is 1.37 bits per heavy atom. The topological polar surface area (TPSA) is 60.0 Å². The van der Waals surface area contributed by atoms with Gasteiger partial charge in [0.25, 0.3) is 0 Å². The third-order valence-electron chi connectivity index (χ3n) is 4.37. The molecule has 0 saturated heterocycles. The van der Waals surface area contributed by atoms with Crippen molar-refractivity contribution in [2.75, 3.05) is 13.6 Å². The smallest absolute Gasteiger partial charge is 0.0967 e. The largest absolute Gasteiger partial charge is 0.329 e. The molecule has 5 nitrogen and oxygen atoms in total. The number of aromatic nitrogens is 3. The highest BCUT2D eigenvalue weighted by atomic mass is 15.4. The maximum Gasteiger partial charge on any atom is 0.0967 e. The molecule has 1 fully saturated rings. The highest BCUT2D eigenvalue weighted by Crippen LogP contribution is 2.29. The molecule has 0 aliphatic heterocycles. The van der Waals surface area contributed by atoms with Gasteiger partial charge in [0.05, 0.1) is 12.2 Å². The van der Waals surface area contributed by atoms with Gasteiger partial charge in [-0.15, -0.1) is 5.10 Å². The second-order valence-corrected chi connectivity index (χ2v) is 5.76. The average Bonchev–Trinajstić information content (AvgIpc) is 2.86. The molecule has 0 amide bonds. The van der Waals surface area contributed by atoms with Gasteiger partial charge in [0.1, 0.15) is 0 Å². The van der Waals surface area contributed by atoms with Gasteiger partial charge >= 0.3 is 0 Å². The van der Waals surface area contributed by atoms with Crippen molar-refractivity contribution in [1.29, 1.82) is 0 Å². The Bertz CT molecular complexity index is 368. The zero-order valence-electron chi connectivity index (χ0n) is 12.3. The van der Waals surface area contributed by atoms with Crippen LogP contribution >= 0.6 is 0 Å². The minimum atomic E-state index is 0.611. The Morgan fingerprint density at radius 2 is 2.11 bits per heavy atom. The zero-order chi connectivity index (χ0) is 13.7. The van der Waals surface area contributed by atoms with Gasteiger partial charge in [-0.05, 0) is 38.6 Å². The van der Waals surface area contributed by atoms with Crippen LogP contribution in [0, 0.1) is 5.92 Å². The molecule has 0 atom stereocenters. The average molecular weight is 265 g/mol. The van der Waals surface area contributed by atoms with E-state index in [0.29, 0.717) is 12.6 Å². The summed E-state index contributed by atoms with van der Waals surface area (Å²) in [7, 11) is 2.21. The summed E-state index contributed by atoms with van der Waals surface area (Å²) in [6.45, 7) is 4.56. The Morgan fingerprint density at radius 3 is 2.74 bits per heavy atom. The number of nitrogens with two attached hydrogens (primary N) is 1. The summed E-state index contributed by atoms with van der Waals surface area (Å²) in [5.41, 5.74) is 6.56. The third-order valence-corrected chi connectivity index (χ3v) is 4.37. The standard InChI is InChI=1S/C14H27N5/c1-3-12-4-6-14(7-5-12)18(2)10-13-11-19(9-8-15)17-16-13/h11-12,14H,3-10,15H2,1-2H3. The van der Waals surface area contributed by atoms with Crippen molar-refractivity contribution in [3.8, 4) is 0 Å². The normalized spacial score (nSPS) is 24.0. The van der Waals surface area contributed by atoms with Crippen LogP contribution in [0.2, 0.25) is 0 Å². The third kappa shape index (κ3) is 4.01. The van der Waals surface area contributed by atoms with Crippen LogP contribution in [0.15, 0.2) is 6.20 Å². The maximum absolute atomic E-state index is 5.52. The lowest BCUT2D eigenvalue weighted by atomic mass is 9.84. The SMILES string of the molecule is CCC1CCC(N(C)Cc2cn(CCN)nn2)CC1. The Labute approximate surface area is 116 Å². The van der Waals surface area contributed by atoms with E-state index in [2.05, 4.69) is 29.2 Å². The molecule has 1 aromatic heterocycles. The Balaban J connectivity index is 1.81. The molecule has 0 unspecified atom stereocenters. The van der Waals surface area contributed by atoms with E-state index in [1.54, 1.807) is 0 Å². The van der Waals surface area contributed by atoms with Crippen LogP contribution in [-0.4, -0.2) is 39.5 Å². The van der Waals surface area contributed by atoms with Crippen molar-refractivity contribution in [3.05, 3.63) is 11.9 Å². The van der Waals surface area contributed by atoms with Crippen LogP contribution in [0.25, 0.3) is 0 Å². The van der Waals surface area contributed by atoms with E-state index < -0.39 is 0 Å². The molecular weight excluding hydrogens is 238 g/mol. The molecule has 1 aliphatic rings. The number of hydrogen-bond acceptors (Lipinski definition) is 4. The zero-order valence-corrected chi connectivity index (χ0v) is 12.3. The van der Waals surface area contributed by atoms with Crippen molar-refractivity contribution in [1.82, 2.24) is 19.9 Å². The molecule has 1 saturated carbocycles. The van der Waals surface area contributed by atoms with Gasteiger partial charge in [0, 0.05) is 25.3 Å². The molecule has 19 heavy (non-hydrogen) atoms. The fourth-order valence-corrected chi connectivity index (χ4v) is 3.03. The van der Waals surface area contributed by atoms with Crippen LogP contribution in [0.3, 0.4) is 0 Å². The highest BCUT2D eigenvalue weighted by Gasteiger charge is 2.23. The van der Waals surface area contributed by atoms with E-state index in [1.165, 1.54) is 32.1 Å². The van der Waals surface area contributed by atoms with E-state index in [1.807, 2.05) is 10.9 Å². The molecule has 0 bridgehead atoms. The number of rotatable bonds is 6. The molecule has 2 rings (SSSR count). The van der Waals surface area contributed by atoms with E-state index in [4.69, 9.17) is 5.73 Å². The van der Waals surface area contributed by atoms with Crippen LogP contribution in [0.5, 0.6) is 0 Å². The van der Waals surface area contributed by atoms with Gasteiger partial charge in [-0.3, -0.25) is 9.58 Å². The second-order valence-electron chi connectivity index (χ2n) is 5.76. The molecule has 0 aromatic carbocycles. The van der Waals surface area contributed by atoms with Gasteiger partial charge in [0.2, 0.25) is 0 Å². The Kier molecular flexibility index (Phi) is 5.34. The van der Waals surface area contributed by atoms with Gasteiger partial charge < -0.3 is 5.73 Å². The minimum absolute atomic E-state index is 0.611. The maximum atomic E-state index is 5.52. The van der Waals surface area contributed by atoms with E-state index >= 15 is 0 Å². The molecule has 1 heterocycles. The van der Waals surface area contributed by atoms with Gasteiger partial charge in [-0.1, -0.05) is 18.6 Å². The van der Waals surface area contributed by atoms with Crippen molar-refractivity contribution < 1.29 is 0 Å². The quantitative estimate of drug-likeness (QED) is 0.849.